The molecule has 0 saturated heterocycles. The molecule has 2 aromatic carbocycles. The summed E-state index contributed by atoms with van der Waals surface area (Å²) in [6.07, 6.45) is 0. The maximum Gasteiger partial charge on any atom is 0.323 e. The lowest BCUT2D eigenvalue weighted by molar-refractivity contribution is 0.102. The van der Waals surface area contributed by atoms with E-state index in [1.165, 1.54) is 0 Å². The average Bonchev–Trinajstić information content (AvgIpc) is 3.15. The van der Waals surface area contributed by atoms with Crippen molar-refractivity contribution in [2.45, 2.75) is 13.5 Å². The number of benzene rings is 2. The SMILES string of the molecule is Cc1nn(Cc2ccccc2Cl)c(Cl)c1C(=O)Nc1ccc2[nH]c(=O)[nH]c2c1. The van der Waals surface area contributed by atoms with Gasteiger partial charge in [-0.1, -0.05) is 41.4 Å². The molecule has 0 unspecified atom stereocenters. The number of hydrogen-bond donors (Lipinski definition) is 3. The van der Waals surface area contributed by atoms with Gasteiger partial charge in [-0.05, 0) is 36.8 Å². The molecule has 4 aromatic rings. The van der Waals surface area contributed by atoms with Gasteiger partial charge < -0.3 is 15.3 Å². The monoisotopic (exact) mass is 415 g/mol. The van der Waals surface area contributed by atoms with Crippen LogP contribution in [0.3, 0.4) is 0 Å². The van der Waals surface area contributed by atoms with E-state index in [0.717, 1.165) is 5.56 Å². The summed E-state index contributed by atoms with van der Waals surface area (Å²) >= 11 is 12.6. The molecule has 9 heteroatoms. The number of aromatic nitrogens is 4. The molecule has 0 saturated carbocycles. The third-order valence-corrected chi connectivity index (χ3v) is 5.10. The summed E-state index contributed by atoms with van der Waals surface area (Å²) < 4.78 is 1.54. The minimum atomic E-state index is -0.384. The number of nitrogens with zero attached hydrogens (tertiary/aromatic N) is 2. The zero-order valence-electron chi connectivity index (χ0n) is 14.7. The van der Waals surface area contributed by atoms with E-state index in [4.69, 9.17) is 23.2 Å². The van der Waals surface area contributed by atoms with Gasteiger partial charge in [-0.25, -0.2) is 9.48 Å². The first-order valence-electron chi connectivity index (χ1n) is 8.42. The number of fused-ring (bicyclic) bond motifs is 1. The van der Waals surface area contributed by atoms with Crippen LogP contribution in [-0.4, -0.2) is 25.7 Å². The zero-order valence-corrected chi connectivity index (χ0v) is 16.2. The van der Waals surface area contributed by atoms with Crippen LogP contribution >= 0.6 is 23.2 Å². The van der Waals surface area contributed by atoms with Gasteiger partial charge in [0, 0.05) is 10.7 Å². The van der Waals surface area contributed by atoms with Crippen molar-refractivity contribution in [3.8, 4) is 0 Å². The number of aromatic amines is 2. The number of anilines is 1. The number of hydrogen-bond acceptors (Lipinski definition) is 3. The first kappa shape index (κ1) is 18.3. The summed E-state index contributed by atoms with van der Waals surface area (Å²) in [5.74, 6) is -0.384. The molecular formula is C19H15Cl2N5O2. The van der Waals surface area contributed by atoms with Gasteiger partial charge in [-0.3, -0.25) is 4.79 Å². The lowest BCUT2D eigenvalue weighted by atomic mass is 10.2. The van der Waals surface area contributed by atoms with Crippen LogP contribution in [0.5, 0.6) is 0 Å². The smallest absolute Gasteiger partial charge is 0.322 e. The average molecular weight is 416 g/mol. The molecule has 0 aliphatic carbocycles. The number of nitrogens with one attached hydrogen (secondary N) is 3. The van der Waals surface area contributed by atoms with Crippen molar-refractivity contribution in [1.29, 1.82) is 0 Å². The van der Waals surface area contributed by atoms with Crippen molar-refractivity contribution in [2.24, 2.45) is 0 Å². The normalized spacial score (nSPS) is 11.1. The number of carbonyl (C=O) groups is 1. The molecule has 0 fully saturated rings. The highest BCUT2D eigenvalue weighted by Gasteiger charge is 2.21. The molecule has 0 spiro atoms. The van der Waals surface area contributed by atoms with E-state index < -0.39 is 0 Å². The summed E-state index contributed by atoms with van der Waals surface area (Å²) in [6.45, 7) is 2.07. The lowest BCUT2D eigenvalue weighted by Gasteiger charge is -2.07. The van der Waals surface area contributed by atoms with Gasteiger partial charge in [-0.2, -0.15) is 5.10 Å². The number of rotatable bonds is 4. The summed E-state index contributed by atoms with van der Waals surface area (Å²) in [5.41, 5.74) is 3.12. The molecule has 0 aliphatic rings. The molecule has 4 rings (SSSR count). The Hall–Kier alpha value is -3.03. The highest BCUT2D eigenvalue weighted by atomic mass is 35.5. The number of aryl methyl sites for hydroxylation is 1. The number of H-pyrrole nitrogens is 2. The Morgan fingerprint density at radius 3 is 2.68 bits per heavy atom. The van der Waals surface area contributed by atoms with Gasteiger partial charge in [0.15, 0.2) is 0 Å². The summed E-state index contributed by atoms with van der Waals surface area (Å²) in [4.78, 5) is 29.5. The van der Waals surface area contributed by atoms with E-state index in [1.807, 2.05) is 18.2 Å². The molecular weight excluding hydrogens is 401 g/mol. The van der Waals surface area contributed by atoms with Gasteiger partial charge in [0.25, 0.3) is 5.91 Å². The molecule has 0 radical (unpaired) electrons. The van der Waals surface area contributed by atoms with E-state index in [2.05, 4.69) is 20.4 Å². The van der Waals surface area contributed by atoms with Gasteiger partial charge in [0.2, 0.25) is 0 Å². The Labute approximate surface area is 169 Å². The maximum atomic E-state index is 12.8. The van der Waals surface area contributed by atoms with Crippen molar-refractivity contribution < 1.29 is 4.79 Å². The van der Waals surface area contributed by atoms with Gasteiger partial charge >= 0.3 is 5.69 Å². The third-order valence-electron chi connectivity index (χ3n) is 4.34. The predicted octanol–water partition coefficient (Wildman–Crippen LogP) is 3.97. The first-order valence-corrected chi connectivity index (χ1v) is 9.17. The van der Waals surface area contributed by atoms with Crippen molar-refractivity contribution in [3.63, 3.8) is 0 Å². The van der Waals surface area contributed by atoms with Crippen LogP contribution in [0, 0.1) is 6.92 Å². The largest absolute Gasteiger partial charge is 0.323 e. The fraction of sp³-hybridized carbons (Fsp3) is 0.105. The minimum absolute atomic E-state index is 0.228. The highest BCUT2D eigenvalue weighted by Crippen LogP contribution is 2.25. The summed E-state index contributed by atoms with van der Waals surface area (Å²) in [7, 11) is 0. The van der Waals surface area contributed by atoms with Crippen molar-refractivity contribution in [3.05, 3.63) is 79.9 Å². The van der Waals surface area contributed by atoms with Crippen LogP contribution in [0.1, 0.15) is 21.6 Å². The highest BCUT2D eigenvalue weighted by molar-refractivity contribution is 6.34. The fourth-order valence-corrected chi connectivity index (χ4v) is 3.52. The fourth-order valence-electron chi connectivity index (χ4n) is 3.01. The van der Waals surface area contributed by atoms with Crippen molar-refractivity contribution in [2.75, 3.05) is 5.32 Å². The van der Waals surface area contributed by atoms with E-state index in [1.54, 1.807) is 35.9 Å². The Morgan fingerprint density at radius 1 is 1.14 bits per heavy atom. The number of halogens is 2. The topological polar surface area (TPSA) is 95.6 Å². The second-order valence-corrected chi connectivity index (χ2v) is 7.06. The maximum absolute atomic E-state index is 12.8. The molecule has 142 valence electrons. The Balaban J connectivity index is 1.61. The molecule has 3 N–H and O–H groups in total. The van der Waals surface area contributed by atoms with Crippen LogP contribution in [0.4, 0.5) is 5.69 Å². The first-order chi connectivity index (χ1) is 13.4. The van der Waals surface area contributed by atoms with E-state index in [0.29, 0.717) is 34.0 Å². The Bertz CT molecular complexity index is 1250. The van der Waals surface area contributed by atoms with E-state index in [-0.39, 0.29) is 22.3 Å². The Morgan fingerprint density at radius 2 is 1.89 bits per heavy atom. The van der Waals surface area contributed by atoms with Gasteiger partial charge in [0.1, 0.15) is 5.15 Å². The molecule has 28 heavy (non-hydrogen) atoms. The zero-order chi connectivity index (χ0) is 19.8. The molecule has 0 bridgehead atoms. The molecule has 2 aromatic heterocycles. The van der Waals surface area contributed by atoms with E-state index >= 15 is 0 Å². The van der Waals surface area contributed by atoms with Crippen LogP contribution in [0.25, 0.3) is 11.0 Å². The second-order valence-electron chi connectivity index (χ2n) is 6.29. The standard InChI is InChI=1S/C19H15Cl2N5O2/c1-10-16(17(21)26(25-10)9-11-4-2-3-5-13(11)20)18(27)22-12-6-7-14-15(8-12)24-19(28)23-14/h2-8H,9H2,1H3,(H,22,27)(H2,23,24,28). The second kappa shape index (κ2) is 7.18. The molecule has 0 atom stereocenters. The van der Waals surface area contributed by atoms with Crippen molar-refractivity contribution in [1.82, 2.24) is 19.7 Å². The molecule has 0 aliphatic heterocycles. The predicted molar refractivity (Wildman–Crippen MR) is 109 cm³/mol. The van der Waals surface area contributed by atoms with Crippen LogP contribution in [-0.2, 0) is 6.54 Å². The molecule has 7 nitrogen and oxygen atoms in total. The van der Waals surface area contributed by atoms with Crippen LogP contribution < -0.4 is 11.0 Å². The number of amides is 1. The minimum Gasteiger partial charge on any atom is -0.322 e. The quantitative estimate of drug-likeness (QED) is 0.470. The molecule has 2 heterocycles. The van der Waals surface area contributed by atoms with Crippen molar-refractivity contribution >= 4 is 45.8 Å². The number of imidazole rings is 1. The van der Waals surface area contributed by atoms with Gasteiger partial charge in [-0.15, -0.1) is 0 Å². The van der Waals surface area contributed by atoms with E-state index in [9.17, 15) is 9.59 Å². The third kappa shape index (κ3) is 3.42. The lowest BCUT2D eigenvalue weighted by Crippen LogP contribution is -2.13. The van der Waals surface area contributed by atoms with Crippen LogP contribution in [0.15, 0.2) is 47.3 Å². The number of carbonyl (C=O) groups excluding carboxylic acids is 1. The Kier molecular flexibility index (Phi) is 4.70. The summed E-state index contributed by atoms with van der Waals surface area (Å²) in [6, 6.07) is 12.5. The van der Waals surface area contributed by atoms with Crippen LogP contribution in [0.2, 0.25) is 10.2 Å². The van der Waals surface area contributed by atoms with Gasteiger partial charge in [0.05, 0.1) is 28.8 Å². The molecule has 1 amide bonds. The summed E-state index contributed by atoms with van der Waals surface area (Å²) in [5, 5.41) is 8.00.